The van der Waals surface area contributed by atoms with Crippen LogP contribution in [0.25, 0.3) is 11.0 Å². The summed E-state index contributed by atoms with van der Waals surface area (Å²) in [5, 5.41) is 9.19. The molecule has 1 aromatic carbocycles. The van der Waals surface area contributed by atoms with Crippen LogP contribution in [0.4, 0.5) is 25.6 Å². The maximum absolute atomic E-state index is 15.7. The monoisotopic (exact) mass is 637 g/mol. The molecular weight excluding hydrogens is 596 g/mol. The number of unbranched alkanes of at least 4 members (excludes halogenated alkanes) is 2. The van der Waals surface area contributed by atoms with Gasteiger partial charge < -0.3 is 19.7 Å². The van der Waals surface area contributed by atoms with E-state index in [4.69, 9.17) is 14.5 Å². The fourth-order valence-corrected chi connectivity index (χ4v) is 5.01. The van der Waals surface area contributed by atoms with Gasteiger partial charge >= 0.3 is 0 Å². The van der Waals surface area contributed by atoms with Crippen molar-refractivity contribution in [2.24, 2.45) is 11.0 Å². The molecule has 0 aliphatic carbocycles. The van der Waals surface area contributed by atoms with E-state index in [1.807, 2.05) is 32.1 Å². The lowest BCUT2D eigenvalue weighted by atomic mass is 10.1. The molecule has 0 radical (unpaired) electrons. The normalized spacial score (nSPS) is 17.0. The number of benzene rings is 1. The fraction of sp³-hybridized carbons (Fsp3) is 0.394. The van der Waals surface area contributed by atoms with Gasteiger partial charge in [0.15, 0.2) is 23.2 Å². The van der Waals surface area contributed by atoms with E-state index in [2.05, 4.69) is 39.1 Å². The number of hydrazone groups is 1. The van der Waals surface area contributed by atoms with Crippen LogP contribution in [0.1, 0.15) is 52.5 Å². The Bertz CT molecular complexity index is 1600. The molecule has 0 saturated carbocycles. The summed E-state index contributed by atoms with van der Waals surface area (Å²) in [5.74, 6) is 2.84. The van der Waals surface area contributed by atoms with Gasteiger partial charge in [0.1, 0.15) is 23.4 Å². The van der Waals surface area contributed by atoms with E-state index in [1.165, 1.54) is 12.6 Å². The molecular formula is C33H41F2N7O2S. The number of allylic oxidation sites excluding steroid dienone is 3. The van der Waals surface area contributed by atoms with E-state index in [0.29, 0.717) is 52.2 Å². The zero-order valence-corrected chi connectivity index (χ0v) is 27.5. The van der Waals surface area contributed by atoms with Crippen LogP contribution >= 0.6 is 12.1 Å². The highest BCUT2D eigenvalue weighted by molar-refractivity contribution is 7.93. The lowest BCUT2D eigenvalue weighted by Crippen LogP contribution is -2.30. The number of hydrogen-bond donors (Lipinski definition) is 1. The number of nitrogens with one attached hydrogen (secondary N) is 1. The topological polar surface area (TPSA) is 88.0 Å². The predicted molar refractivity (Wildman–Crippen MR) is 180 cm³/mol. The Kier molecular flexibility index (Phi) is 12.1. The number of ether oxygens (including phenoxy) is 2. The number of hydrogen-bond acceptors (Lipinski definition) is 10. The molecule has 4 heterocycles. The van der Waals surface area contributed by atoms with Gasteiger partial charge in [0.05, 0.1) is 23.5 Å². The summed E-state index contributed by atoms with van der Waals surface area (Å²) >= 11 is 0.250. The van der Waals surface area contributed by atoms with Crippen molar-refractivity contribution < 1.29 is 17.7 Å². The second kappa shape index (κ2) is 16.2. The molecule has 240 valence electrons. The van der Waals surface area contributed by atoms with E-state index >= 15 is 4.39 Å². The lowest BCUT2D eigenvalue weighted by Gasteiger charge is -2.24. The summed E-state index contributed by atoms with van der Waals surface area (Å²) in [6.45, 7) is 12.2. The molecule has 2 aliphatic rings. The minimum Gasteiger partial charge on any atom is -0.489 e. The van der Waals surface area contributed by atoms with Crippen molar-refractivity contribution in [3.8, 4) is 11.5 Å². The quantitative estimate of drug-likeness (QED) is 0.183. The van der Waals surface area contributed by atoms with Crippen molar-refractivity contribution in [1.29, 1.82) is 0 Å². The Hall–Kier alpha value is -4.19. The Balaban J connectivity index is 0.00000148. The molecule has 1 unspecified atom stereocenters. The molecule has 12 heteroatoms. The zero-order valence-electron chi connectivity index (χ0n) is 26.7. The zero-order chi connectivity index (χ0) is 32.3. The first-order valence-electron chi connectivity index (χ1n) is 15.1. The van der Waals surface area contributed by atoms with Crippen molar-refractivity contribution in [1.82, 2.24) is 20.0 Å². The summed E-state index contributed by atoms with van der Waals surface area (Å²) in [7, 11) is 0. The second-order valence-electron chi connectivity index (χ2n) is 10.7. The maximum Gasteiger partial charge on any atom is 0.172 e. The van der Waals surface area contributed by atoms with E-state index in [-0.39, 0.29) is 17.8 Å². The van der Waals surface area contributed by atoms with Gasteiger partial charge in [-0.1, -0.05) is 32.8 Å². The summed E-state index contributed by atoms with van der Waals surface area (Å²) in [6.07, 6.45) is 15.3. The Morgan fingerprint density at radius 2 is 2.04 bits per heavy atom. The largest absolute Gasteiger partial charge is 0.489 e. The summed E-state index contributed by atoms with van der Waals surface area (Å²) < 4.78 is 38.1. The second-order valence-corrected chi connectivity index (χ2v) is 11.0. The number of halogens is 2. The SMILES string of the molecule is C/C=N\N1C=CC(Oc2ccc(Nc3ncnc4cc5c(nc34)N(CCCCC)CC(C)CO5)c(F)c2C)=C/C1=C\C.CSF. The third-order valence-corrected chi connectivity index (χ3v) is 7.23. The van der Waals surface area contributed by atoms with E-state index in [0.717, 1.165) is 43.9 Å². The molecule has 0 fully saturated rings. The third kappa shape index (κ3) is 8.30. The van der Waals surface area contributed by atoms with Crippen LogP contribution in [0.3, 0.4) is 0 Å². The average Bonchev–Trinajstić information content (AvgIpc) is 3.19. The highest BCUT2D eigenvalue weighted by Crippen LogP contribution is 2.36. The van der Waals surface area contributed by atoms with Crippen LogP contribution in [0.5, 0.6) is 11.5 Å². The van der Waals surface area contributed by atoms with Gasteiger partial charge in [0, 0.05) is 67.5 Å². The number of fused-ring (bicyclic) bond motifs is 2. The Morgan fingerprint density at radius 3 is 2.78 bits per heavy atom. The molecule has 3 aromatic rings. The van der Waals surface area contributed by atoms with Gasteiger partial charge in [-0.05, 0) is 45.4 Å². The van der Waals surface area contributed by atoms with Crippen molar-refractivity contribution in [2.75, 3.05) is 36.2 Å². The summed E-state index contributed by atoms with van der Waals surface area (Å²) in [4.78, 5) is 16.1. The predicted octanol–water partition coefficient (Wildman–Crippen LogP) is 8.48. The van der Waals surface area contributed by atoms with Crippen molar-refractivity contribution in [3.63, 3.8) is 0 Å². The summed E-state index contributed by atoms with van der Waals surface area (Å²) in [5.41, 5.74) is 2.68. The number of nitrogens with zero attached hydrogens (tertiary/aromatic N) is 6. The minimum atomic E-state index is -0.434. The van der Waals surface area contributed by atoms with Crippen LogP contribution in [-0.2, 0) is 0 Å². The third-order valence-electron chi connectivity index (χ3n) is 7.23. The van der Waals surface area contributed by atoms with Gasteiger partial charge in [-0.25, -0.2) is 24.4 Å². The standard InChI is InChI=1S/C32H38FN7O2.CH3FS/c1-6-9-10-14-39-18-21(4)19-41-28-17-26-30(38-32(28)39)31(35-20-34-26)37-25-11-12-27(22(5)29(25)33)42-24-13-15-40(36-8-3)23(7-2)16-24;1-3-2/h7-8,11-13,15-17,20-21H,6,9-10,14,18-19H2,1-5H3,(H,34,35,37);1H3/b23-7+,36-8-;. The average molecular weight is 638 g/mol. The molecule has 0 bridgehead atoms. The molecule has 1 atom stereocenters. The van der Waals surface area contributed by atoms with E-state index < -0.39 is 5.82 Å². The van der Waals surface area contributed by atoms with Gasteiger partial charge in [0.25, 0.3) is 0 Å². The molecule has 45 heavy (non-hydrogen) atoms. The molecule has 2 aliphatic heterocycles. The van der Waals surface area contributed by atoms with Gasteiger partial charge in [-0.2, -0.15) is 8.99 Å². The smallest absolute Gasteiger partial charge is 0.172 e. The molecule has 0 amide bonds. The molecule has 0 saturated heterocycles. The first-order chi connectivity index (χ1) is 21.8. The fourth-order valence-electron chi connectivity index (χ4n) is 5.01. The molecule has 5 rings (SSSR count). The van der Waals surface area contributed by atoms with Crippen LogP contribution in [0.15, 0.2) is 65.5 Å². The maximum atomic E-state index is 15.7. The van der Waals surface area contributed by atoms with Crippen LogP contribution in [0, 0.1) is 18.7 Å². The van der Waals surface area contributed by atoms with Crippen molar-refractivity contribution >= 4 is 46.7 Å². The van der Waals surface area contributed by atoms with Gasteiger partial charge in [-0.3, -0.25) is 0 Å². The highest BCUT2D eigenvalue weighted by Gasteiger charge is 2.24. The number of aromatic nitrogens is 3. The Morgan fingerprint density at radius 1 is 1.24 bits per heavy atom. The first-order valence-corrected chi connectivity index (χ1v) is 16.2. The molecule has 9 nitrogen and oxygen atoms in total. The molecule has 1 N–H and O–H groups in total. The summed E-state index contributed by atoms with van der Waals surface area (Å²) in [6, 6.07) is 5.30. The highest BCUT2D eigenvalue weighted by atomic mass is 32.2. The van der Waals surface area contributed by atoms with E-state index in [1.54, 1.807) is 42.6 Å². The van der Waals surface area contributed by atoms with Crippen LogP contribution in [0.2, 0.25) is 0 Å². The lowest BCUT2D eigenvalue weighted by molar-refractivity contribution is 0.273. The first kappa shape index (κ1) is 33.7. The van der Waals surface area contributed by atoms with Gasteiger partial charge in [0.2, 0.25) is 0 Å². The van der Waals surface area contributed by atoms with Gasteiger partial charge in [-0.15, -0.1) is 0 Å². The van der Waals surface area contributed by atoms with E-state index in [9.17, 15) is 3.89 Å². The number of rotatable bonds is 9. The molecule has 2 aromatic heterocycles. The Labute approximate surface area is 268 Å². The number of pyridine rings is 1. The van der Waals surface area contributed by atoms with Crippen molar-refractivity contribution in [3.05, 3.63) is 71.8 Å². The van der Waals surface area contributed by atoms with Crippen molar-refractivity contribution in [2.45, 2.75) is 53.9 Å². The minimum absolute atomic E-state index is 0.250. The molecule has 0 spiro atoms. The van der Waals surface area contributed by atoms with Crippen LogP contribution in [-0.4, -0.2) is 52.1 Å². The number of anilines is 3. The van der Waals surface area contributed by atoms with Crippen LogP contribution < -0.4 is 19.7 Å².